The molecule has 1 aliphatic carbocycles. The van der Waals surface area contributed by atoms with Gasteiger partial charge in [0, 0.05) is 11.6 Å². The molecule has 1 aliphatic heterocycles. The Morgan fingerprint density at radius 1 is 0.931 bits per heavy atom. The number of piperidine rings is 1. The van der Waals surface area contributed by atoms with E-state index in [1.54, 1.807) is 7.11 Å². The maximum Gasteiger partial charge on any atom is 0.126 e. The summed E-state index contributed by atoms with van der Waals surface area (Å²) in [6.45, 7) is 13.0. The summed E-state index contributed by atoms with van der Waals surface area (Å²) in [4.78, 5) is 0. The highest BCUT2D eigenvalue weighted by atomic mass is 16.5. The lowest BCUT2D eigenvalue weighted by atomic mass is 9.63. The Hall–Kier alpha value is -1.80. The molecular formula is C27H37NO. The predicted molar refractivity (Wildman–Crippen MR) is 123 cm³/mol. The van der Waals surface area contributed by atoms with Gasteiger partial charge in [0.05, 0.1) is 7.11 Å². The number of hydrogen-bond acceptors (Lipinski definition) is 2. The van der Waals surface area contributed by atoms with Gasteiger partial charge in [-0.15, -0.1) is 0 Å². The number of fused-ring (bicyclic) bond motifs is 1. The predicted octanol–water partition coefficient (Wildman–Crippen LogP) is 6.57. The van der Waals surface area contributed by atoms with E-state index in [9.17, 15) is 0 Å². The Morgan fingerprint density at radius 2 is 1.66 bits per heavy atom. The molecular weight excluding hydrogens is 354 g/mol. The Labute approximate surface area is 177 Å². The number of nitrogens with one attached hydrogen (secondary N) is 1. The van der Waals surface area contributed by atoms with Crippen LogP contribution in [0.5, 0.6) is 5.75 Å². The highest BCUT2D eigenvalue weighted by molar-refractivity contribution is 5.73. The monoisotopic (exact) mass is 391 g/mol. The number of methoxy groups -OCH3 is 1. The second-order valence-electron chi connectivity index (χ2n) is 10.6. The van der Waals surface area contributed by atoms with E-state index >= 15 is 0 Å². The van der Waals surface area contributed by atoms with Crippen LogP contribution in [0.3, 0.4) is 0 Å². The van der Waals surface area contributed by atoms with E-state index < -0.39 is 0 Å². The average molecular weight is 392 g/mol. The molecule has 1 N–H and O–H groups in total. The molecule has 2 aromatic carbocycles. The molecule has 0 bridgehead atoms. The Bertz CT molecular complexity index is 895. The molecule has 2 aliphatic rings. The van der Waals surface area contributed by atoms with Crippen LogP contribution in [0.25, 0.3) is 11.1 Å². The van der Waals surface area contributed by atoms with E-state index in [0.29, 0.717) is 12.0 Å². The first-order valence-corrected chi connectivity index (χ1v) is 11.3. The van der Waals surface area contributed by atoms with Crippen LogP contribution in [0.15, 0.2) is 36.4 Å². The van der Waals surface area contributed by atoms with Crippen LogP contribution in [0.4, 0.5) is 0 Å². The van der Waals surface area contributed by atoms with Crippen molar-refractivity contribution in [2.75, 3.05) is 13.7 Å². The van der Waals surface area contributed by atoms with Crippen LogP contribution < -0.4 is 10.1 Å². The molecule has 2 nitrogen and oxygen atoms in total. The molecule has 0 amide bonds. The first kappa shape index (κ1) is 20.5. The summed E-state index contributed by atoms with van der Waals surface area (Å²) in [5.41, 5.74) is 7.46. The summed E-state index contributed by atoms with van der Waals surface area (Å²) >= 11 is 0. The van der Waals surface area contributed by atoms with Gasteiger partial charge in [-0.1, -0.05) is 52.0 Å². The molecule has 156 valence electrons. The van der Waals surface area contributed by atoms with Gasteiger partial charge in [0.25, 0.3) is 0 Å². The third kappa shape index (κ3) is 3.84. The molecule has 0 aromatic heterocycles. The highest BCUT2D eigenvalue weighted by Gasteiger charge is 2.37. The Kier molecular flexibility index (Phi) is 5.27. The zero-order valence-corrected chi connectivity index (χ0v) is 19.1. The van der Waals surface area contributed by atoms with Crippen LogP contribution in [0, 0.1) is 0 Å². The van der Waals surface area contributed by atoms with Crippen molar-refractivity contribution in [1.29, 1.82) is 0 Å². The summed E-state index contributed by atoms with van der Waals surface area (Å²) in [7, 11) is 1.79. The number of benzene rings is 2. The fourth-order valence-corrected chi connectivity index (χ4v) is 5.40. The van der Waals surface area contributed by atoms with E-state index in [1.807, 2.05) is 0 Å². The van der Waals surface area contributed by atoms with Crippen molar-refractivity contribution in [3.05, 3.63) is 53.1 Å². The van der Waals surface area contributed by atoms with Crippen molar-refractivity contribution in [3.63, 3.8) is 0 Å². The molecule has 1 saturated heterocycles. The largest absolute Gasteiger partial charge is 0.496 e. The number of rotatable bonds is 3. The highest BCUT2D eigenvalue weighted by Crippen LogP contribution is 2.47. The van der Waals surface area contributed by atoms with Crippen LogP contribution in [-0.4, -0.2) is 19.7 Å². The normalized spacial score (nSPS) is 25.3. The van der Waals surface area contributed by atoms with Gasteiger partial charge in [0.1, 0.15) is 5.75 Å². The van der Waals surface area contributed by atoms with Gasteiger partial charge in [-0.25, -0.2) is 0 Å². The molecule has 1 heterocycles. The minimum atomic E-state index is 0.218. The van der Waals surface area contributed by atoms with Crippen molar-refractivity contribution < 1.29 is 4.74 Å². The SMILES string of the molecule is COc1ccc(C2CCN[C@@H](C)C2)cc1-c1ccc2c(c1)C(C)(C)CCC2(C)C. The summed E-state index contributed by atoms with van der Waals surface area (Å²) in [5.74, 6) is 1.60. The minimum absolute atomic E-state index is 0.218. The van der Waals surface area contributed by atoms with Crippen molar-refractivity contribution >= 4 is 0 Å². The molecule has 0 saturated carbocycles. The van der Waals surface area contributed by atoms with Gasteiger partial charge in [-0.05, 0) is 90.3 Å². The van der Waals surface area contributed by atoms with Crippen molar-refractivity contribution in [2.45, 2.75) is 83.1 Å². The zero-order chi connectivity index (χ0) is 20.8. The average Bonchev–Trinajstić information content (AvgIpc) is 2.71. The molecule has 1 unspecified atom stereocenters. The zero-order valence-electron chi connectivity index (χ0n) is 19.1. The summed E-state index contributed by atoms with van der Waals surface area (Å²) in [5, 5.41) is 3.58. The molecule has 2 heteroatoms. The molecule has 2 atom stereocenters. The second-order valence-corrected chi connectivity index (χ2v) is 10.6. The van der Waals surface area contributed by atoms with Crippen molar-refractivity contribution in [1.82, 2.24) is 5.32 Å². The molecule has 2 aromatic rings. The quantitative estimate of drug-likeness (QED) is 0.639. The van der Waals surface area contributed by atoms with E-state index in [-0.39, 0.29) is 10.8 Å². The second kappa shape index (κ2) is 7.47. The molecule has 4 rings (SSSR count). The fraction of sp³-hybridized carbons (Fsp3) is 0.556. The van der Waals surface area contributed by atoms with Gasteiger partial charge >= 0.3 is 0 Å². The van der Waals surface area contributed by atoms with Crippen LogP contribution in [0.1, 0.15) is 82.9 Å². The van der Waals surface area contributed by atoms with Gasteiger partial charge in [-0.3, -0.25) is 0 Å². The van der Waals surface area contributed by atoms with Crippen LogP contribution in [0.2, 0.25) is 0 Å². The van der Waals surface area contributed by atoms with Crippen LogP contribution in [-0.2, 0) is 10.8 Å². The summed E-state index contributed by atoms with van der Waals surface area (Å²) < 4.78 is 5.79. The van der Waals surface area contributed by atoms with Gasteiger partial charge in [-0.2, -0.15) is 0 Å². The van der Waals surface area contributed by atoms with E-state index in [1.165, 1.54) is 53.5 Å². The Morgan fingerprint density at radius 3 is 2.34 bits per heavy atom. The van der Waals surface area contributed by atoms with E-state index in [0.717, 1.165) is 12.3 Å². The smallest absolute Gasteiger partial charge is 0.126 e. The molecule has 29 heavy (non-hydrogen) atoms. The standard InChI is InChI=1S/C27H37NO/c1-18-15-20(11-14-28-18)19-8-10-25(29-6)22(16-19)21-7-9-23-24(17-21)27(4,5)13-12-26(23,2)3/h7-10,16-18,20,28H,11-15H2,1-6H3/t18-,20?/m0/s1. The topological polar surface area (TPSA) is 21.3 Å². The minimum Gasteiger partial charge on any atom is -0.496 e. The lowest BCUT2D eigenvalue weighted by molar-refractivity contribution is 0.332. The molecule has 0 spiro atoms. The third-order valence-corrected chi connectivity index (χ3v) is 7.48. The number of ether oxygens (including phenoxy) is 1. The fourth-order valence-electron chi connectivity index (χ4n) is 5.40. The maximum absolute atomic E-state index is 5.79. The van der Waals surface area contributed by atoms with Crippen molar-refractivity contribution in [3.8, 4) is 16.9 Å². The van der Waals surface area contributed by atoms with E-state index in [2.05, 4.69) is 76.3 Å². The Balaban J connectivity index is 1.79. The molecule has 0 radical (unpaired) electrons. The summed E-state index contributed by atoms with van der Waals surface area (Å²) in [6.07, 6.45) is 4.90. The van der Waals surface area contributed by atoms with E-state index in [4.69, 9.17) is 4.74 Å². The van der Waals surface area contributed by atoms with Gasteiger partial charge in [0.2, 0.25) is 0 Å². The first-order chi connectivity index (χ1) is 13.7. The van der Waals surface area contributed by atoms with Crippen LogP contribution >= 0.6 is 0 Å². The lowest BCUT2D eigenvalue weighted by Crippen LogP contribution is -2.34. The first-order valence-electron chi connectivity index (χ1n) is 11.3. The van der Waals surface area contributed by atoms with Crippen molar-refractivity contribution in [2.24, 2.45) is 0 Å². The van der Waals surface area contributed by atoms with Gasteiger partial charge in [0.15, 0.2) is 0 Å². The summed E-state index contributed by atoms with van der Waals surface area (Å²) in [6, 6.07) is 14.6. The third-order valence-electron chi connectivity index (χ3n) is 7.48. The molecule has 1 fully saturated rings. The lowest BCUT2D eigenvalue weighted by Gasteiger charge is -2.42. The number of hydrogen-bond donors (Lipinski definition) is 1. The maximum atomic E-state index is 5.79. The van der Waals surface area contributed by atoms with Gasteiger partial charge < -0.3 is 10.1 Å².